The highest BCUT2D eigenvalue weighted by atomic mass is 16.5. The number of rotatable bonds is 4. The van der Waals surface area contributed by atoms with Crippen LogP contribution in [0.3, 0.4) is 0 Å². The van der Waals surface area contributed by atoms with Crippen molar-refractivity contribution in [3.63, 3.8) is 0 Å². The number of fused-ring (bicyclic) bond motifs is 4. The fraction of sp³-hybridized carbons (Fsp3) is 0.0213. The van der Waals surface area contributed by atoms with Crippen LogP contribution in [-0.2, 0) is 0 Å². The van der Waals surface area contributed by atoms with Crippen molar-refractivity contribution in [1.29, 1.82) is 0 Å². The number of ether oxygens (including phenoxy) is 2. The Kier molecular flexibility index (Phi) is 7.10. The van der Waals surface area contributed by atoms with E-state index in [2.05, 4.69) is 110 Å². The van der Waals surface area contributed by atoms with Gasteiger partial charge in [-0.2, -0.15) is 0 Å². The molecule has 0 bridgehead atoms. The second-order valence-corrected chi connectivity index (χ2v) is 13.3. The van der Waals surface area contributed by atoms with E-state index in [9.17, 15) is 0 Å². The molecule has 2 aliphatic rings. The highest BCUT2D eigenvalue weighted by molar-refractivity contribution is 6.88. The molecule has 0 aliphatic carbocycles. The smallest absolute Gasteiger partial charge is 0.227 e. The SMILES string of the molecule is C=C1/C=C\C=C/CB2c3ccccc3Oc3c(-c4ccc5oc(-c6ccccc6)cc5c4)cc(-c4ccc5oc(-c6ccccc6)cc5c4)c(c32)O1. The fourth-order valence-corrected chi connectivity index (χ4v) is 7.54. The molecule has 0 saturated carbocycles. The van der Waals surface area contributed by atoms with Gasteiger partial charge in [-0.3, -0.25) is 0 Å². The Bertz CT molecular complexity index is 2730. The standard InChI is InChI=1S/C47H31BO4/c1-30-13-5-4-12-24-48-39-18-10-11-19-42(39)52-47-38(34-21-23-41-36(26-34)28-44(51-41)32-16-8-3-9-17-32)29-37(46(49-30)45(47)48)33-20-22-40-35(25-33)27-43(50-40)31-14-6-2-7-15-31/h2-23,25-29H,1,24H2/b12-4-,13-5-. The molecule has 0 unspecified atom stereocenters. The van der Waals surface area contributed by atoms with Gasteiger partial charge in [-0.15, -0.1) is 0 Å². The van der Waals surface area contributed by atoms with Gasteiger partial charge in [-0.1, -0.05) is 116 Å². The molecule has 246 valence electrons. The highest BCUT2D eigenvalue weighted by Crippen LogP contribution is 2.46. The van der Waals surface area contributed by atoms with Gasteiger partial charge in [-0.05, 0) is 77.5 Å². The van der Waals surface area contributed by atoms with Crippen molar-refractivity contribution in [2.24, 2.45) is 0 Å². The molecule has 0 saturated heterocycles. The van der Waals surface area contributed by atoms with Crippen molar-refractivity contribution in [1.82, 2.24) is 0 Å². The highest BCUT2D eigenvalue weighted by Gasteiger charge is 2.37. The molecule has 0 N–H and O–H groups in total. The molecule has 2 aromatic heterocycles. The zero-order chi connectivity index (χ0) is 34.6. The normalized spacial score (nSPS) is 14.7. The van der Waals surface area contributed by atoms with E-state index in [1.165, 1.54) is 0 Å². The molecule has 0 radical (unpaired) electrons. The maximum Gasteiger partial charge on any atom is 0.227 e. The van der Waals surface area contributed by atoms with Gasteiger partial charge >= 0.3 is 0 Å². The van der Waals surface area contributed by atoms with Gasteiger partial charge in [0.15, 0.2) is 0 Å². The minimum Gasteiger partial charge on any atom is -0.458 e. The summed E-state index contributed by atoms with van der Waals surface area (Å²) in [6, 6.07) is 47.9. The molecule has 4 heterocycles. The Morgan fingerprint density at radius 1 is 0.519 bits per heavy atom. The molecular formula is C47H31BO4. The second-order valence-electron chi connectivity index (χ2n) is 13.3. The van der Waals surface area contributed by atoms with Crippen LogP contribution in [0.1, 0.15) is 0 Å². The van der Waals surface area contributed by atoms with Crippen LogP contribution in [0.25, 0.3) is 66.8 Å². The van der Waals surface area contributed by atoms with E-state index in [-0.39, 0.29) is 6.71 Å². The molecule has 4 nitrogen and oxygen atoms in total. The maximum absolute atomic E-state index is 6.92. The molecule has 52 heavy (non-hydrogen) atoms. The van der Waals surface area contributed by atoms with Gasteiger partial charge in [0.25, 0.3) is 0 Å². The van der Waals surface area contributed by atoms with Crippen LogP contribution in [0.15, 0.2) is 185 Å². The molecule has 0 fully saturated rings. The lowest BCUT2D eigenvalue weighted by atomic mass is 9.37. The zero-order valence-electron chi connectivity index (χ0n) is 28.2. The summed E-state index contributed by atoms with van der Waals surface area (Å²) in [5, 5.41) is 2.03. The molecule has 5 heteroatoms. The lowest BCUT2D eigenvalue weighted by Crippen LogP contribution is -2.47. The zero-order valence-corrected chi connectivity index (χ0v) is 28.2. The number of benzene rings is 6. The molecule has 2 aliphatic heterocycles. The lowest BCUT2D eigenvalue weighted by molar-refractivity contribution is 0.444. The third kappa shape index (κ3) is 5.18. The predicted molar refractivity (Wildman–Crippen MR) is 212 cm³/mol. The van der Waals surface area contributed by atoms with Crippen molar-refractivity contribution in [3.05, 3.63) is 176 Å². The monoisotopic (exact) mass is 670 g/mol. The molecule has 0 spiro atoms. The Morgan fingerprint density at radius 3 is 1.73 bits per heavy atom. The van der Waals surface area contributed by atoms with Crippen molar-refractivity contribution >= 4 is 39.6 Å². The molecule has 0 amide bonds. The first kappa shape index (κ1) is 30.1. The summed E-state index contributed by atoms with van der Waals surface area (Å²) < 4.78 is 26.3. The molecular weight excluding hydrogens is 639 g/mol. The van der Waals surface area contributed by atoms with Crippen LogP contribution >= 0.6 is 0 Å². The summed E-state index contributed by atoms with van der Waals surface area (Å²) in [6.07, 6.45) is 8.94. The summed E-state index contributed by atoms with van der Waals surface area (Å²) in [7, 11) is 0. The van der Waals surface area contributed by atoms with Gasteiger partial charge in [0.2, 0.25) is 6.71 Å². The molecule has 6 aromatic carbocycles. The third-order valence-electron chi connectivity index (χ3n) is 10.0. The summed E-state index contributed by atoms with van der Waals surface area (Å²) in [6.45, 7) is 4.26. The first-order chi connectivity index (χ1) is 25.7. The number of allylic oxidation sites excluding steroid dienone is 4. The average Bonchev–Trinajstić information content (AvgIpc) is 3.82. The van der Waals surface area contributed by atoms with Crippen molar-refractivity contribution in [3.8, 4) is 62.1 Å². The van der Waals surface area contributed by atoms with Gasteiger partial charge in [0, 0.05) is 38.5 Å². The van der Waals surface area contributed by atoms with Gasteiger partial charge in [0.05, 0.1) is 0 Å². The first-order valence-corrected chi connectivity index (χ1v) is 17.5. The molecule has 0 atom stereocenters. The first-order valence-electron chi connectivity index (χ1n) is 17.5. The van der Waals surface area contributed by atoms with Crippen LogP contribution in [0.2, 0.25) is 6.32 Å². The summed E-state index contributed by atoms with van der Waals surface area (Å²) in [5.74, 6) is 4.59. The Balaban J connectivity index is 1.22. The van der Waals surface area contributed by atoms with E-state index in [4.69, 9.17) is 18.3 Å². The van der Waals surface area contributed by atoms with Crippen LogP contribution in [-0.4, -0.2) is 6.71 Å². The van der Waals surface area contributed by atoms with Crippen molar-refractivity contribution in [2.45, 2.75) is 6.32 Å². The van der Waals surface area contributed by atoms with Crippen LogP contribution in [0.5, 0.6) is 17.2 Å². The van der Waals surface area contributed by atoms with Crippen LogP contribution in [0, 0.1) is 0 Å². The van der Waals surface area contributed by atoms with Gasteiger partial charge < -0.3 is 18.3 Å². The van der Waals surface area contributed by atoms with E-state index in [0.717, 1.165) is 101 Å². The lowest BCUT2D eigenvalue weighted by Gasteiger charge is -2.31. The topological polar surface area (TPSA) is 44.7 Å². The number of hydrogen-bond donors (Lipinski definition) is 0. The van der Waals surface area contributed by atoms with E-state index in [1.807, 2.05) is 60.7 Å². The summed E-state index contributed by atoms with van der Waals surface area (Å²) in [4.78, 5) is 0. The van der Waals surface area contributed by atoms with Crippen LogP contribution in [0.4, 0.5) is 0 Å². The van der Waals surface area contributed by atoms with E-state index in [1.54, 1.807) is 0 Å². The van der Waals surface area contributed by atoms with E-state index < -0.39 is 0 Å². The number of hydrogen-bond acceptors (Lipinski definition) is 4. The van der Waals surface area contributed by atoms with Gasteiger partial charge in [0.1, 0.15) is 45.7 Å². The summed E-state index contributed by atoms with van der Waals surface area (Å²) in [5.41, 5.74) is 9.80. The largest absolute Gasteiger partial charge is 0.458 e. The summed E-state index contributed by atoms with van der Waals surface area (Å²) >= 11 is 0. The average molecular weight is 671 g/mol. The molecule has 10 rings (SSSR count). The predicted octanol–water partition coefficient (Wildman–Crippen LogP) is 11.6. The Hall–Kier alpha value is -6.72. The van der Waals surface area contributed by atoms with Crippen LogP contribution < -0.4 is 20.4 Å². The Labute approximate surface area is 301 Å². The minimum absolute atomic E-state index is 0.0196. The van der Waals surface area contributed by atoms with Gasteiger partial charge in [-0.25, -0.2) is 0 Å². The minimum atomic E-state index is -0.0196. The fourth-order valence-electron chi connectivity index (χ4n) is 7.54. The number of furan rings is 2. The van der Waals surface area contributed by atoms with Crippen molar-refractivity contribution in [2.75, 3.05) is 0 Å². The second kappa shape index (κ2) is 12.3. The van der Waals surface area contributed by atoms with E-state index >= 15 is 0 Å². The van der Waals surface area contributed by atoms with E-state index in [0.29, 0.717) is 5.76 Å². The number of para-hydroxylation sites is 1. The quantitative estimate of drug-likeness (QED) is 0.175. The maximum atomic E-state index is 6.92. The molecule has 8 aromatic rings. The third-order valence-corrected chi connectivity index (χ3v) is 10.0. The Morgan fingerprint density at radius 2 is 1.10 bits per heavy atom. The van der Waals surface area contributed by atoms with Crippen molar-refractivity contribution < 1.29 is 18.3 Å².